The molecule has 3 unspecified atom stereocenters. The molecule has 6 heteroatoms. The lowest BCUT2D eigenvalue weighted by atomic mass is 9.83. The molecule has 1 aromatic rings. The predicted octanol–water partition coefficient (Wildman–Crippen LogP) is 2.74. The summed E-state index contributed by atoms with van der Waals surface area (Å²) in [5.41, 5.74) is 1.43. The largest absolute Gasteiger partial charge is 0.377 e. The zero-order valence-corrected chi connectivity index (χ0v) is 18.5. The van der Waals surface area contributed by atoms with Crippen LogP contribution in [0, 0.1) is 5.92 Å². The number of fused-ring (bicyclic) bond motifs is 1. The van der Waals surface area contributed by atoms with Gasteiger partial charge in [-0.3, -0.25) is 9.89 Å². The van der Waals surface area contributed by atoms with Gasteiger partial charge in [0.2, 0.25) is 0 Å². The zero-order valence-electron chi connectivity index (χ0n) is 18.5. The molecule has 0 aliphatic carbocycles. The Morgan fingerprint density at radius 3 is 2.87 bits per heavy atom. The van der Waals surface area contributed by atoms with Crippen molar-refractivity contribution in [3.05, 3.63) is 35.9 Å². The number of ether oxygens (including phenoxy) is 2. The van der Waals surface area contributed by atoms with Crippen LogP contribution in [0.25, 0.3) is 0 Å². The molecule has 3 fully saturated rings. The number of piperidine rings is 2. The van der Waals surface area contributed by atoms with E-state index >= 15 is 0 Å². The topological polar surface area (TPSA) is 49.3 Å². The minimum atomic E-state index is 0.300. The van der Waals surface area contributed by atoms with Gasteiger partial charge in [0.15, 0.2) is 5.96 Å². The maximum Gasteiger partial charge on any atom is 0.193 e. The average molecular weight is 415 g/mol. The molecular weight excluding hydrogens is 376 g/mol. The van der Waals surface area contributed by atoms with Crippen molar-refractivity contribution in [2.75, 3.05) is 53.0 Å². The molecule has 1 aromatic carbocycles. The summed E-state index contributed by atoms with van der Waals surface area (Å²) in [5, 5.41) is 3.51. The molecule has 0 saturated carbocycles. The minimum absolute atomic E-state index is 0.300. The summed E-state index contributed by atoms with van der Waals surface area (Å²) in [4.78, 5) is 9.72. The first kappa shape index (κ1) is 21.6. The van der Waals surface area contributed by atoms with Gasteiger partial charge < -0.3 is 19.7 Å². The van der Waals surface area contributed by atoms with E-state index in [0.717, 1.165) is 51.1 Å². The van der Waals surface area contributed by atoms with Gasteiger partial charge in [-0.05, 0) is 50.1 Å². The first-order chi connectivity index (χ1) is 14.8. The molecule has 1 N–H and O–H groups in total. The highest BCUT2D eigenvalue weighted by molar-refractivity contribution is 5.80. The van der Waals surface area contributed by atoms with E-state index in [9.17, 15) is 0 Å². The van der Waals surface area contributed by atoms with Crippen molar-refractivity contribution in [1.29, 1.82) is 0 Å². The standard InChI is InChI=1S/C24H38N4O2/c1-25-24(26-12-16-29-19-22-10-6-15-30-22)28-14-11-23-21(18-28)9-5-13-27(23)17-20-7-3-2-4-8-20/h2-4,7-8,21-23H,5-6,9-19H2,1H3,(H,25,26). The zero-order chi connectivity index (χ0) is 20.6. The van der Waals surface area contributed by atoms with Crippen LogP contribution in [-0.4, -0.2) is 81.0 Å². The Hall–Kier alpha value is -1.63. The fraction of sp³-hybridized carbons (Fsp3) is 0.708. The lowest BCUT2D eigenvalue weighted by Gasteiger charge is -2.48. The highest BCUT2D eigenvalue weighted by Gasteiger charge is 2.36. The number of likely N-dealkylation sites (tertiary alicyclic amines) is 2. The van der Waals surface area contributed by atoms with Gasteiger partial charge in [-0.1, -0.05) is 30.3 Å². The molecule has 0 spiro atoms. The van der Waals surface area contributed by atoms with Gasteiger partial charge >= 0.3 is 0 Å². The van der Waals surface area contributed by atoms with Crippen LogP contribution in [0.5, 0.6) is 0 Å². The summed E-state index contributed by atoms with van der Waals surface area (Å²) in [6.45, 7) is 7.58. The second-order valence-corrected chi connectivity index (χ2v) is 8.84. The summed E-state index contributed by atoms with van der Waals surface area (Å²) in [7, 11) is 1.89. The van der Waals surface area contributed by atoms with Crippen molar-refractivity contribution in [2.45, 2.75) is 50.8 Å². The lowest BCUT2D eigenvalue weighted by molar-refractivity contribution is 0.0185. The van der Waals surface area contributed by atoms with Crippen LogP contribution in [0.1, 0.15) is 37.7 Å². The van der Waals surface area contributed by atoms with Crippen LogP contribution < -0.4 is 5.32 Å². The summed E-state index contributed by atoms with van der Waals surface area (Å²) >= 11 is 0. The van der Waals surface area contributed by atoms with Crippen molar-refractivity contribution < 1.29 is 9.47 Å². The molecule has 0 amide bonds. The van der Waals surface area contributed by atoms with Gasteiger partial charge in [-0.15, -0.1) is 0 Å². The normalized spacial score (nSPS) is 27.8. The highest BCUT2D eigenvalue weighted by Crippen LogP contribution is 2.31. The predicted molar refractivity (Wildman–Crippen MR) is 121 cm³/mol. The van der Waals surface area contributed by atoms with Crippen molar-refractivity contribution in [3.8, 4) is 0 Å². The van der Waals surface area contributed by atoms with Crippen LogP contribution in [0.15, 0.2) is 35.3 Å². The second kappa shape index (κ2) is 11.1. The van der Waals surface area contributed by atoms with Gasteiger partial charge in [0, 0.05) is 45.9 Å². The molecule has 166 valence electrons. The molecule has 3 saturated heterocycles. The second-order valence-electron chi connectivity index (χ2n) is 8.84. The average Bonchev–Trinajstić information content (AvgIpc) is 3.30. The molecule has 0 radical (unpaired) electrons. The van der Waals surface area contributed by atoms with Crippen molar-refractivity contribution in [3.63, 3.8) is 0 Å². The summed E-state index contributed by atoms with van der Waals surface area (Å²) in [6, 6.07) is 11.6. The third-order valence-corrected chi connectivity index (χ3v) is 6.78. The summed E-state index contributed by atoms with van der Waals surface area (Å²) < 4.78 is 11.4. The third kappa shape index (κ3) is 5.74. The Bertz CT molecular complexity index is 662. The van der Waals surface area contributed by atoms with Gasteiger partial charge in [0.25, 0.3) is 0 Å². The Kier molecular flexibility index (Phi) is 8.01. The molecule has 3 atom stereocenters. The van der Waals surface area contributed by atoms with Crippen LogP contribution in [-0.2, 0) is 16.0 Å². The SMILES string of the molecule is CN=C(NCCOCC1CCCO1)N1CCC2C(CCCN2Cc2ccccc2)C1. The van der Waals surface area contributed by atoms with Crippen LogP contribution in [0.2, 0.25) is 0 Å². The molecule has 30 heavy (non-hydrogen) atoms. The number of nitrogens with one attached hydrogen (secondary N) is 1. The molecule has 6 nitrogen and oxygen atoms in total. The van der Waals surface area contributed by atoms with Crippen LogP contribution in [0.3, 0.4) is 0 Å². The Morgan fingerprint density at radius 2 is 2.07 bits per heavy atom. The molecule has 3 aliphatic rings. The van der Waals surface area contributed by atoms with E-state index in [4.69, 9.17) is 9.47 Å². The number of benzene rings is 1. The first-order valence-electron chi connectivity index (χ1n) is 11.8. The van der Waals surface area contributed by atoms with Gasteiger partial charge in [-0.2, -0.15) is 0 Å². The van der Waals surface area contributed by atoms with Crippen molar-refractivity contribution >= 4 is 5.96 Å². The van der Waals surface area contributed by atoms with Gasteiger partial charge in [0.1, 0.15) is 0 Å². The Morgan fingerprint density at radius 1 is 1.17 bits per heavy atom. The minimum Gasteiger partial charge on any atom is -0.377 e. The monoisotopic (exact) mass is 414 g/mol. The van der Waals surface area contributed by atoms with E-state index in [1.54, 1.807) is 0 Å². The van der Waals surface area contributed by atoms with Crippen LogP contribution >= 0.6 is 0 Å². The quantitative estimate of drug-likeness (QED) is 0.422. The maximum atomic E-state index is 5.79. The Balaban J connectivity index is 1.22. The number of nitrogens with zero attached hydrogens (tertiary/aromatic N) is 3. The molecular formula is C24H38N4O2. The van der Waals surface area contributed by atoms with Crippen molar-refractivity contribution in [2.24, 2.45) is 10.9 Å². The highest BCUT2D eigenvalue weighted by atomic mass is 16.5. The number of hydrogen-bond donors (Lipinski definition) is 1. The van der Waals surface area contributed by atoms with E-state index in [1.165, 1.54) is 37.8 Å². The summed E-state index contributed by atoms with van der Waals surface area (Å²) in [6.07, 6.45) is 6.44. The number of guanidine groups is 1. The Labute approximate surface area is 181 Å². The van der Waals surface area contributed by atoms with E-state index in [1.807, 2.05) is 7.05 Å². The maximum absolute atomic E-state index is 5.79. The smallest absolute Gasteiger partial charge is 0.193 e. The molecule has 3 heterocycles. The summed E-state index contributed by atoms with van der Waals surface area (Å²) in [5.74, 6) is 1.75. The number of hydrogen-bond acceptors (Lipinski definition) is 4. The van der Waals surface area contributed by atoms with E-state index in [-0.39, 0.29) is 0 Å². The van der Waals surface area contributed by atoms with E-state index in [0.29, 0.717) is 25.4 Å². The number of rotatable bonds is 7. The van der Waals surface area contributed by atoms with Gasteiger partial charge in [0.05, 0.1) is 19.3 Å². The lowest BCUT2D eigenvalue weighted by Crippen LogP contribution is -2.56. The van der Waals surface area contributed by atoms with Gasteiger partial charge in [-0.25, -0.2) is 0 Å². The third-order valence-electron chi connectivity index (χ3n) is 6.78. The van der Waals surface area contributed by atoms with Crippen molar-refractivity contribution in [1.82, 2.24) is 15.1 Å². The molecule has 0 aromatic heterocycles. The molecule has 3 aliphatic heterocycles. The molecule has 0 bridgehead atoms. The molecule has 4 rings (SSSR count). The van der Waals surface area contributed by atoms with E-state index in [2.05, 4.69) is 50.4 Å². The fourth-order valence-electron chi connectivity index (χ4n) is 5.27. The fourth-order valence-corrected chi connectivity index (χ4v) is 5.27. The van der Waals surface area contributed by atoms with E-state index < -0.39 is 0 Å². The first-order valence-corrected chi connectivity index (χ1v) is 11.8. The van der Waals surface area contributed by atoms with Crippen LogP contribution in [0.4, 0.5) is 0 Å². The number of aliphatic imine (C=N–C) groups is 1.